The lowest BCUT2D eigenvalue weighted by Crippen LogP contribution is -2.36. The Labute approximate surface area is 74.3 Å². The van der Waals surface area contributed by atoms with E-state index in [0.29, 0.717) is 12.2 Å². The van der Waals surface area contributed by atoms with Crippen LogP contribution in [0, 0.1) is 5.92 Å². The van der Waals surface area contributed by atoms with Gasteiger partial charge < -0.3 is 5.73 Å². The predicted octanol–water partition coefficient (Wildman–Crippen LogP) is 1.58. The van der Waals surface area contributed by atoms with Gasteiger partial charge in [0.05, 0.1) is 0 Å². The van der Waals surface area contributed by atoms with Crippen LogP contribution in [0.2, 0.25) is 0 Å². The summed E-state index contributed by atoms with van der Waals surface area (Å²) in [6.07, 6.45) is 0.609. The zero-order valence-electron chi connectivity index (χ0n) is 7.06. The Hall–Kier alpha value is -1.13. The lowest BCUT2D eigenvalue weighted by Gasteiger charge is -2.34. The Kier molecular flexibility index (Phi) is 1.75. The van der Waals surface area contributed by atoms with Crippen LogP contribution in [0.3, 0.4) is 0 Å². The van der Waals surface area contributed by atoms with Gasteiger partial charge in [-0.05, 0) is 12.3 Å². The van der Waals surface area contributed by atoms with Crippen molar-refractivity contribution in [3.63, 3.8) is 0 Å². The molecule has 13 heavy (non-hydrogen) atoms. The van der Waals surface area contributed by atoms with E-state index in [1.807, 2.05) is 0 Å². The van der Waals surface area contributed by atoms with Gasteiger partial charge in [-0.15, -0.1) is 0 Å². The quantitative estimate of drug-likeness (QED) is 0.738. The summed E-state index contributed by atoms with van der Waals surface area (Å²) in [7, 11) is 0. The summed E-state index contributed by atoms with van der Waals surface area (Å²) in [5.41, 5.74) is 6.22. The van der Waals surface area contributed by atoms with Gasteiger partial charge in [0.25, 0.3) is 0 Å². The van der Waals surface area contributed by atoms with Crippen molar-refractivity contribution in [2.75, 3.05) is 5.73 Å². The van der Waals surface area contributed by atoms with E-state index in [0.717, 1.165) is 5.69 Å². The number of nitrogens with one attached hydrogen (secondary N) is 1. The van der Waals surface area contributed by atoms with Gasteiger partial charge in [0.1, 0.15) is 5.82 Å². The highest BCUT2D eigenvalue weighted by Crippen LogP contribution is 2.43. The van der Waals surface area contributed by atoms with Gasteiger partial charge >= 0.3 is 0 Å². The fraction of sp³-hybridized carbons (Fsp3) is 0.625. The lowest BCUT2D eigenvalue weighted by atomic mass is 9.78. The van der Waals surface area contributed by atoms with Crippen molar-refractivity contribution in [2.45, 2.75) is 25.2 Å². The van der Waals surface area contributed by atoms with Crippen molar-refractivity contribution < 1.29 is 8.78 Å². The van der Waals surface area contributed by atoms with E-state index in [4.69, 9.17) is 5.73 Å². The molecule has 0 aliphatic heterocycles. The summed E-state index contributed by atoms with van der Waals surface area (Å²) in [6.45, 7) is 0. The highest BCUT2D eigenvalue weighted by atomic mass is 19.3. The Bertz CT molecular complexity index is 300. The number of aromatic amines is 1. The smallest absolute Gasteiger partial charge is 0.248 e. The van der Waals surface area contributed by atoms with Gasteiger partial charge in [0.15, 0.2) is 0 Å². The fourth-order valence-corrected chi connectivity index (χ4v) is 1.72. The zero-order chi connectivity index (χ0) is 9.47. The summed E-state index contributed by atoms with van der Waals surface area (Å²) in [4.78, 5) is 0. The first-order valence-corrected chi connectivity index (χ1v) is 4.23. The molecule has 0 radical (unpaired) electrons. The van der Waals surface area contributed by atoms with Gasteiger partial charge in [-0.25, -0.2) is 8.78 Å². The number of rotatable bonds is 2. The minimum Gasteiger partial charge on any atom is -0.382 e. The van der Waals surface area contributed by atoms with Crippen LogP contribution in [0.4, 0.5) is 14.6 Å². The maximum absolute atomic E-state index is 12.4. The van der Waals surface area contributed by atoms with Gasteiger partial charge in [-0.3, -0.25) is 5.10 Å². The standard InChI is InChI=1S/C8H11F2N3/c9-8(10)3-5(4-8)1-6-2-7(11)13-12-6/h2,5H,1,3-4H2,(H3,11,12,13). The molecule has 3 nitrogen and oxygen atoms in total. The Morgan fingerprint density at radius 2 is 2.31 bits per heavy atom. The molecule has 1 aromatic rings. The molecule has 0 unspecified atom stereocenters. The van der Waals surface area contributed by atoms with Crippen LogP contribution < -0.4 is 5.73 Å². The van der Waals surface area contributed by atoms with Crippen molar-refractivity contribution >= 4 is 5.82 Å². The average molecular weight is 187 g/mol. The number of H-pyrrole nitrogens is 1. The van der Waals surface area contributed by atoms with Crippen LogP contribution in [0.5, 0.6) is 0 Å². The van der Waals surface area contributed by atoms with E-state index < -0.39 is 5.92 Å². The molecule has 0 saturated heterocycles. The van der Waals surface area contributed by atoms with Gasteiger partial charge in [-0.1, -0.05) is 0 Å². The minimum absolute atomic E-state index is 0.00801. The van der Waals surface area contributed by atoms with Crippen molar-refractivity contribution in [3.05, 3.63) is 11.8 Å². The number of anilines is 1. The first-order chi connectivity index (χ1) is 6.05. The second-order valence-corrected chi connectivity index (χ2v) is 3.65. The fourth-order valence-electron chi connectivity index (χ4n) is 1.72. The van der Waals surface area contributed by atoms with Crippen molar-refractivity contribution in [1.82, 2.24) is 10.2 Å². The molecule has 1 fully saturated rings. The highest BCUT2D eigenvalue weighted by Gasteiger charge is 2.44. The molecular formula is C8H11F2N3. The molecule has 1 aliphatic rings. The van der Waals surface area contributed by atoms with Crippen molar-refractivity contribution in [2.24, 2.45) is 5.92 Å². The van der Waals surface area contributed by atoms with Crippen LogP contribution in [-0.2, 0) is 6.42 Å². The molecular weight excluding hydrogens is 176 g/mol. The van der Waals surface area contributed by atoms with Crippen LogP contribution in [0.25, 0.3) is 0 Å². The maximum atomic E-state index is 12.4. The van der Waals surface area contributed by atoms with E-state index in [1.54, 1.807) is 6.07 Å². The Morgan fingerprint density at radius 1 is 1.62 bits per heavy atom. The third kappa shape index (κ3) is 1.79. The first-order valence-electron chi connectivity index (χ1n) is 4.23. The molecule has 1 heterocycles. The number of nitrogens with zero attached hydrogens (tertiary/aromatic N) is 1. The number of halogens is 2. The lowest BCUT2D eigenvalue weighted by molar-refractivity contribution is -0.109. The molecule has 1 aliphatic carbocycles. The molecule has 0 spiro atoms. The largest absolute Gasteiger partial charge is 0.382 e. The molecule has 1 saturated carbocycles. The highest BCUT2D eigenvalue weighted by molar-refractivity contribution is 5.28. The van der Waals surface area contributed by atoms with E-state index >= 15 is 0 Å². The first kappa shape index (κ1) is 8.47. The molecule has 72 valence electrons. The normalized spacial score (nSPS) is 21.4. The monoisotopic (exact) mass is 187 g/mol. The van der Waals surface area contributed by atoms with Crippen LogP contribution in [-0.4, -0.2) is 16.1 Å². The van der Waals surface area contributed by atoms with Gasteiger partial charge in [-0.2, -0.15) is 5.10 Å². The summed E-state index contributed by atoms with van der Waals surface area (Å²) in [5.74, 6) is -1.94. The summed E-state index contributed by atoms with van der Waals surface area (Å²) >= 11 is 0. The van der Waals surface area contributed by atoms with E-state index in [-0.39, 0.29) is 18.8 Å². The van der Waals surface area contributed by atoms with Crippen molar-refractivity contribution in [3.8, 4) is 0 Å². The van der Waals surface area contributed by atoms with Gasteiger partial charge in [0, 0.05) is 24.6 Å². The number of nitrogen functional groups attached to an aromatic ring is 1. The number of nitrogens with two attached hydrogens (primary N) is 1. The average Bonchev–Trinajstić information content (AvgIpc) is 2.31. The molecule has 0 aromatic carbocycles. The van der Waals surface area contributed by atoms with Crippen LogP contribution in [0.15, 0.2) is 6.07 Å². The molecule has 0 bridgehead atoms. The predicted molar refractivity (Wildman–Crippen MR) is 44.4 cm³/mol. The Balaban J connectivity index is 1.87. The third-order valence-electron chi connectivity index (χ3n) is 2.33. The van der Waals surface area contributed by atoms with Crippen LogP contribution >= 0.6 is 0 Å². The zero-order valence-corrected chi connectivity index (χ0v) is 7.06. The summed E-state index contributed by atoms with van der Waals surface area (Å²) < 4.78 is 24.9. The van der Waals surface area contributed by atoms with E-state index in [1.165, 1.54) is 0 Å². The molecule has 2 rings (SSSR count). The molecule has 0 amide bonds. The number of alkyl halides is 2. The summed E-state index contributed by atoms with van der Waals surface area (Å²) in [5, 5.41) is 6.44. The molecule has 5 heteroatoms. The van der Waals surface area contributed by atoms with Gasteiger partial charge in [0.2, 0.25) is 5.92 Å². The Morgan fingerprint density at radius 3 is 2.77 bits per heavy atom. The molecule has 0 atom stereocenters. The second-order valence-electron chi connectivity index (χ2n) is 3.65. The van der Waals surface area contributed by atoms with Crippen LogP contribution in [0.1, 0.15) is 18.5 Å². The second kappa shape index (κ2) is 2.68. The minimum atomic E-state index is -2.43. The third-order valence-corrected chi connectivity index (χ3v) is 2.33. The summed E-state index contributed by atoms with van der Waals surface area (Å²) in [6, 6.07) is 1.69. The topological polar surface area (TPSA) is 54.7 Å². The number of hydrogen-bond acceptors (Lipinski definition) is 2. The SMILES string of the molecule is Nc1cc(CC2CC(F)(F)C2)[nH]n1. The molecule has 1 aromatic heterocycles. The van der Waals surface area contributed by atoms with E-state index in [9.17, 15) is 8.78 Å². The number of hydrogen-bond donors (Lipinski definition) is 2. The van der Waals surface area contributed by atoms with Crippen molar-refractivity contribution in [1.29, 1.82) is 0 Å². The maximum Gasteiger partial charge on any atom is 0.248 e. The number of aromatic nitrogens is 2. The van der Waals surface area contributed by atoms with E-state index in [2.05, 4.69) is 10.2 Å². The molecule has 3 N–H and O–H groups in total.